The summed E-state index contributed by atoms with van der Waals surface area (Å²) in [5.41, 5.74) is 9.38. The highest BCUT2D eigenvalue weighted by atomic mass is 32.2. The van der Waals surface area contributed by atoms with Gasteiger partial charge in [0.2, 0.25) is 0 Å². The van der Waals surface area contributed by atoms with E-state index in [9.17, 15) is 0 Å². The number of hydrogen-bond acceptors (Lipinski definition) is 3. The highest BCUT2D eigenvalue weighted by Gasteiger charge is 2.04. The molecule has 112 valence electrons. The molecule has 0 bridgehead atoms. The predicted octanol–water partition coefficient (Wildman–Crippen LogP) is 4.57. The molecule has 0 aliphatic heterocycles. The van der Waals surface area contributed by atoms with Gasteiger partial charge < -0.3 is 10.5 Å². The molecule has 0 saturated carbocycles. The molecule has 2 aromatic carbocycles. The first kappa shape index (κ1) is 15.9. The van der Waals surface area contributed by atoms with Crippen LogP contribution >= 0.6 is 11.8 Å². The van der Waals surface area contributed by atoms with E-state index in [1.807, 2.05) is 11.8 Å². The molecular formula is C18H23NOS. The van der Waals surface area contributed by atoms with Crippen LogP contribution in [0.15, 0.2) is 47.4 Å². The SMILES string of the molecule is COc1cc(CSc2ccc(C(C)C)cc2)ccc1CN. The van der Waals surface area contributed by atoms with Gasteiger partial charge in [-0.05, 0) is 35.2 Å². The normalized spacial score (nSPS) is 10.9. The summed E-state index contributed by atoms with van der Waals surface area (Å²) in [7, 11) is 1.69. The quantitative estimate of drug-likeness (QED) is 0.794. The maximum absolute atomic E-state index is 5.69. The lowest BCUT2D eigenvalue weighted by molar-refractivity contribution is 0.409. The fourth-order valence-corrected chi connectivity index (χ4v) is 3.00. The Balaban J connectivity index is 2.02. The molecule has 0 spiro atoms. The van der Waals surface area contributed by atoms with Crippen molar-refractivity contribution in [3.8, 4) is 5.75 Å². The molecule has 0 unspecified atom stereocenters. The van der Waals surface area contributed by atoms with Crippen molar-refractivity contribution in [2.75, 3.05) is 7.11 Å². The number of rotatable bonds is 6. The van der Waals surface area contributed by atoms with Gasteiger partial charge in [0.15, 0.2) is 0 Å². The van der Waals surface area contributed by atoms with E-state index < -0.39 is 0 Å². The lowest BCUT2D eigenvalue weighted by Crippen LogP contribution is -2.00. The van der Waals surface area contributed by atoms with Crippen LogP contribution in [-0.4, -0.2) is 7.11 Å². The van der Waals surface area contributed by atoms with Crippen LogP contribution in [0.4, 0.5) is 0 Å². The van der Waals surface area contributed by atoms with E-state index in [1.54, 1.807) is 7.11 Å². The van der Waals surface area contributed by atoms with E-state index >= 15 is 0 Å². The third-order valence-electron chi connectivity index (χ3n) is 3.52. The minimum absolute atomic E-state index is 0.507. The summed E-state index contributed by atoms with van der Waals surface area (Å²) in [5, 5.41) is 0. The molecule has 0 aliphatic carbocycles. The Labute approximate surface area is 131 Å². The van der Waals surface area contributed by atoms with E-state index in [0.29, 0.717) is 12.5 Å². The van der Waals surface area contributed by atoms with Gasteiger partial charge in [-0.1, -0.05) is 38.1 Å². The largest absolute Gasteiger partial charge is 0.496 e. The van der Waals surface area contributed by atoms with Crippen LogP contribution in [0, 0.1) is 0 Å². The van der Waals surface area contributed by atoms with Gasteiger partial charge in [0.1, 0.15) is 5.75 Å². The van der Waals surface area contributed by atoms with Crippen molar-refractivity contribution in [3.05, 3.63) is 59.2 Å². The second kappa shape index (κ2) is 7.53. The van der Waals surface area contributed by atoms with Gasteiger partial charge in [0.05, 0.1) is 7.11 Å². The van der Waals surface area contributed by atoms with Gasteiger partial charge in [0, 0.05) is 22.8 Å². The zero-order valence-corrected chi connectivity index (χ0v) is 13.7. The first-order chi connectivity index (χ1) is 10.1. The van der Waals surface area contributed by atoms with E-state index in [4.69, 9.17) is 10.5 Å². The van der Waals surface area contributed by atoms with Crippen molar-refractivity contribution in [2.24, 2.45) is 5.73 Å². The van der Waals surface area contributed by atoms with Gasteiger partial charge in [0.25, 0.3) is 0 Å². The third kappa shape index (κ3) is 4.26. The summed E-state index contributed by atoms with van der Waals surface area (Å²) >= 11 is 1.84. The van der Waals surface area contributed by atoms with Crippen molar-refractivity contribution in [1.82, 2.24) is 0 Å². The van der Waals surface area contributed by atoms with Crippen molar-refractivity contribution in [1.29, 1.82) is 0 Å². The Morgan fingerprint density at radius 3 is 2.38 bits per heavy atom. The van der Waals surface area contributed by atoms with Crippen LogP contribution in [0.5, 0.6) is 5.75 Å². The topological polar surface area (TPSA) is 35.2 Å². The lowest BCUT2D eigenvalue weighted by Gasteiger charge is -2.10. The summed E-state index contributed by atoms with van der Waals surface area (Å²) in [5.74, 6) is 2.39. The zero-order chi connectivity index (χ0) is 15.2. The molecule has 0 aliphatic rings. The summed E-state index contributed by atoms with van der Waals surface area (Å²) in [6.07, 6.45) is 0. The maximum Gasteiger partial charge on any atom is 0.123 e. The fraction of sp³-hybridized carbons (Fsp3) is 0.333. The van der Waals surface area contributed by atoms with Gasteiger partial charge in [-0.15, -0.1) is 11.8 Å². The van der Waals surface area contributed by atoms with Gasteiger partial charge in [-0.3, -0.25) is 0 Å². The molecule has 3 heteroatoms. The minimum Gasteiger partial charge on any atom is -0.496 e. The molecule has 21 heavy (non-hydrogen) atoms. The average Bonchev–Trinajstić information content (AvgIpc) is 2.52. The summed E-state index contributed by atoms with van der Waals surface area (Å²) in [6, 6.07) is 15.1. The number of hydrogen-bond donors (Lipinski definition) is 1. The van der Waals surface area contributed by atoms with Crippen molar-refractivity contribution in [2.45, 2.75) is 37.0 Å². The number of nitrogens with two attached hydrogens (primary N) is 1. The Morgan fingerprint density at radius 1 is 1.10 bits per heavy atom. The van der Waals surface area contributed by atoms with Crippen LogP contribution in [0.3, 0.4) is 0 Å². The lowest BCUT2D eigenvalue weighted by atomic mass is 10.0. The second-order valence-electron chi connectivity index (χ2n) is 5.36. The van der Waals surface area contributed by atoms with Gasteiger partial charge in [-0.2, -0.15) is 0 Å². The Morgan fingerprint density at radius 2 is 1.81 bits per heavy atom. The average molecular weight is 301 g/mol. The van der Waals surface area contributed by atoms with Crippen LogP contribution in [-0.2, 0) is 12.3 Å². The molecule has 0 amide bonds. The summed E-state index contributed by atoms with van der Waals surface area (Å²) < 4.78 is 5.38. The van der Waals surface area contributed by atoms with Crippen LogP contribution in [0.25, 0.3) is 0 Å². The number of methoxy groups -OCH3 is 1. The van der Waals surface area contributed by atoms with E-state index in [2.05, 4.69) is 56.3 Å². The summed E-state index contributed by atoms with van der Waals surface area (Å²) in [4.78, 5) is 1.29. The maximum atomic E-state index is 5.69. The van der Waals surface area contributed by atoms with Crippen LogP contribution in [0.2, 0.25) is 0 Å². The van der Waals surface area contributed by atoms with Crippen molar-refractivity contribution < 1.29 is 4.74 Å². The minimum atomic E-state index is 0.507. The monoisotopic (exact) mass is 301 g/mol. The van der Waals surface area contributed by atoms with Crippen LogP contribution < -0.4 is 10.5 Å². The van der Waals surface area contributed by atoms with E-state index in [1.165, 1.54) is 16.0 Å². The summed E-state index contributed by atoms with van der Waals surface area (Å²) in [6.45, 7) is 4.94. The van der Waals surface area contributed by atoms with Crippen LogP contribution in [0.1, 0.15) is 36.5 Å². The molecule has 0 radical (unpaired) electrons. The van der Waals surface area contributed by atoms with E-state index in [-0.39, 0.29) is 0 Å². The Kier molecular flexibility index (Phi) is 5.71. The first-order valence-electron chi connectivity index (χ1n) is 7.22. The molecule has 2 nitrogen and oxygen atoms in total. The Hall–Kier alpha value is -1.45. The molecule has 0 heterocycles. The standard InChI is InChI=1S/C18H23NOS/c1-13(2)15-6-8-17(9-7-15)21-12-14-4-5-16(11-19)18(10-14)20-3/h4-10,13H,11-12,19H2,1-3H3. The van der Waals surface area contributed by atoms with E-state index in [0.717, 1.165) is 17.1 Å². The number of benzene rings is 2. The number of thioether (sulfide) groups is 1. The molecule has 0 atom stereocenters. The molecule has 0 fully saturated rings. The van der Waals surface area contributed by atoms with Crippen molar-refractivity contribution in [3.63, 3.8) is 0 Å². The van der Waals surface area contributed by atoms with Gasteiger partial charge in [-0.25, -0.2) is 0 Å². The smallest absolute Gasteiger partial charge is 0.123 e. The predicted molar refractivity (Wildman–Crippen MR) is 91.0 cm³/mol. The van der Waals surface area contributed by atoms with Crippen molar-refractivity contribution >= 4 is 11.8 Å². The molecular weight excluding hydrogens is 278 g/mol. The zero-order valence-electron chi connectivity index (χ0n) is 12.9. The van der Waals surface area contributed by atoms with Gasteiger partial charge >= 0.3 is 0 Å². The fourth-order valence-electron chi connectivity index (χ4n) is 2.16. The Bertz CT molecular complexity index is 578. The molecule has 0 saturated heterocycles. The highest BCUT2D eigenvalue weighted by Crippen LogP contribution is 2.27. The first-order valence-corrected chi connectivity index (χ1v) is 8.21. The molecule has 2 aromatic rings. The number of ether oxygens (including phenoxy) is 1. The molecule has 2 N–H and O–H groups in total. The molecule has 0 aromatic heterocycles. The highest BCUT2D eigenvalue weighted by molar-refractivity contribution is 7.98. The molecule has 2 rings (SSSR count). The second-order valence-corrected chi connectivity index (χ2v) is 6.41. The third-order valence-corrected chi connectivity index (χ3v) is 4.61.